The van der Waals surface area contributed by atoms with Gasteiger partial charge >= 0.3 is 5.97 Å². The van der Waals surface area contributed by atoms with Gasteiger partial charge in [0, 0.05) is 12.6 Å². The Bertz CT molecular complexity index is 283. The molecule has 2 aliphatic carbocycles. The van der Waals surface area contributed by atoms with Crippen molar-refractivity contribution in [1.82, 2.24) is 5.32 Å². The summed E-state index contributed by atoms with van der Waals surface area (Å²) in [7, 11) is 1.45. The quantitative estimate of drug-likeness (QED) is 0.720. The molecule has 0 amide bonds. The van der Waals surface area contributed by atoms with Crippen LogP contribution < -0.4 is 5.32 Å². The number of hydrogen-bond acceptors (Lipinski definition) is 4. The Morgan fingerprint density at radius 2 is 1.89 bits per heavy atom. The number of hydrogen-bond donors (Lipinski definition) is 1. The van der Waals surface area contributed by atoms with Crippen molar-refractivity contribution in [2.45, 2.75) is 70.1 Å². The zero-order valence-electron chi connectivity index (χ0n) is 12.2. The van der Waals surface area contributed by atoms with Crippen molar-refractivity contribution < 1.29 is 14.3 Å². The molecule has 0 aromatic rings. The molecule has 0 spiro atoms. The summed E-state index contributed by atoms with van der Waals surface area (Å²) < 4.78 is 10.8. The predicted octanol–water partition coefficient (Wildman–Crippen LogP) is 2.27. The Labute approximate surface area is 116 Å². The first-order valence-corrected chi connectivity index (χ1v) is 7.64. The van der Waals surface area contributed by atoms with E-state index in [1.54, 1.807) is 0 Å². The van der Waals surface area contributed by atoms with Crippen LogP contribution in [-0.4, -0.2) is 37.9 Å². The van der Waals surface area contributed by atoms with Crippen LogP contribution in [0.4, 0.5) is 0 Å². The second kappa shape index (κ2) is 7.25. The number of carbonyl (C=O) groups is 1. The Balaban J connectivity index is 1.65. The van der Waals surface area contributed by atoms with E-state index < -0.39 is 0 Å². The van der Waals surface area contributed by atoms with Crippen molar-refractivity contribution in [3.63, 3.8) is 0 Å². The number of rotatable bonds is 7. The molecule has 0 aromatic carbocycles. The van der Waals surface area contributed by atoms with Crippen molar-refractivity contribution in [3.05, 3.63) is 0 Å². The zero-order chi connectivity index (χ0) is 13.7. The number of methoxy groups -OCH3 is 1. The van der Waals surface area contributed by atoms with Gasteiger partial charge < -0.3 is 14.8 Å². The van der Waals surface area contributed by atoms with Gasteiger partial charge in [-0.15, -0.1) is 0 Å². The average Bonchev–Trinajstić information content (AvgIpc) is 3.23. The second-order valence-electron chi connectivity index (χ2n) is 6.06. The van der Waals surface area contributed by atoms with Gasteiger partial charge in [-0.25, -0.2) is 0 Å². The lowest BCUT2D eigenvalue weighted by Crippen LogP contribution is -2.40. The fourth-order valence-corrected chi connectivity index (χ4v) is 2.69. The minimum absolute atomic E-state index is 0.159. The van der Waals surface area contributed by atoms with Crippen LogP contribution in [0.2, 0.25) is 0 Å². The number of nitrogens with one attached hydrogen (secondary N) is 1. The molecule has 0 aromatic heterocycles. The molecule has 0 saturated heterocycles. The van der Waals surface area contributed by atoms with Crippen molar-refractivity contribution in [1.29, 1.82) is 0 Å². The number of ether oxygens (including phenoxy) is 2. The summed E-state index contributed by atoms with van der Waals surface area (Å²) in [6.45, 7) is 2.96. The molecule has 2 saturated carbocycles. The van der Waals surface area contributed by atoms with E-state index in [0.717, 1.165) is 12.3 Å². The molecule has 0 heterocycles. The van der Waals surface area contributed by atoms with Gasteiger partial charge in [-0.05, 0) is 50.9 Å². The maximum Gasteiger partial charge on any atom is 0.322 e. The summed E-state index contributed by atoms with van der Waals surface area (Å²) in [5.74, 6) is 0.687. The third-order valence-corrected chi connectivity index (χ3v) is 4.22. The topological polar surface area (TPSA) is 47.6 Å². The van der Waals surface area contributed by atoms with Crippen molar-refractivity contribution in [3.8, 4) is 0 Å². The molecular weight excluding hydrogens is 242 g/mol. The minimum atomic E-state index is -0.194. The van der Waals surface area contributed by atoms with E-state index in [2.05, 4.69) is 12.2 Å². The highest BCUT2D eigenvalue weighted by Crippen LogP contribution is 2.26. The van der Waals surface area contributed by atoms with Crippen LogP contribution in [0, 0.1) is 5.92 Å². The monoisotopic (exact) mass is 269 g/mol. The predicted molar refractivity (Wildman–Crippen MR) is 74.0 cm³/mol. The summed E-state index contributed by atoms with van der Waals surface area (Å²) in [5.41, 5.74) is 0. The molecular formula is C15H27NO3. The van der Waals surface area contributed by atoms with Gasteiger partial charge in [0.1, 0.15) is 6.04 Å². The fourth-order valence-electron chi connectivity index (χ4n) is 2.69. The first-order valence-electron chi connectivity index (χ1n) is 7.64. The molecule has 4 nitrogen and oxygen atoms in total. The summed E-state index contributed by atoms with van der Waals surface area (Å²) >= 11 is 0. The average molecular weight is 269 g/mol. The summed E-state index contributed by atoms with van der Waals surface area (Å²) in [5, 5.41) is 3.33. The van der Waals surface area contributed by atoms with Crippen molar-refractivity contribution >= 4 is 5.97 Å². The lowest BCUT2D eigenvalue weighted by molar-refractivity contribution is -0.144. The van der Waals surface area contributed by atoms with Crippen LogP contribution in [0.15, 0.2) is 0 Å². The molecule has 110 valence electrons. The lowest BCUT2D eigenvalue weighted by Gasteiger charge is -2.27. The van der Waals surface area contributed by atoms with Crippen LogP contribution >= 0.6 is 0 Å². The summed E-state index contributed by atoms with van der Waals surface area (Å²) in [6.07, 6.45) is 8.34. The standard InChI is InChI=1S/C15H27NO3/c1-11-3-7-13(8-4-11)19-10-9-14(15(17)18-2)16-12-5-6-12/h11-14,16H,3-10H2,1-2H3. The molecule has 1 N–H and O–H groups in total. The molecule has 0 aliphatic heterocycles. The van der Waals surface area contributed by atoms with E-state index in [9.17, 15) is 4.79 Å². The van der Waals surface area contributed by atoms with Crippen LogP contribution in [0.1, 0.15) is 51.9 Å². The molecule has 0 radical (unpaired) electrons. The molecule has 1 unspecified atom stereocenters. The molecule has 19 heavy (non-hydrogen) atoms. The molecule has 2 rings (SSSR count). The maximum atomic E-state index is 11.7. The fraction of sp³-hybridized carbons (Fsp3) is 0.933. The Morgan fingerprint density at radius 1 is 1.21 bits per heavy atom. The Morgan fingerprint density at radius 3 is 2.47 bits per heavy atom. The maximum absolute atomic E-state index is 11.7. The third kappa shape index (κ3) is 5.11. The van der Waals surface area contributed by atoms with Gasteiger partial charge in [-0.2, -0.15) is 0 Å². The SMILES string of the molecule is COC(=O)C(CCOC1CCC(C)CC1)NC1CC1. The van der Waals surface area contributed by atoms with Crippen LogP contribution in [0.5, 0.6) is 0 Å². The Kier molecular flexibility index (Phi) is 5.64. The van der Waals surface area contributed by atoms with Gasteiger partial charge in [0.25, 0.3) is 0 Å². The van der Waals surface area contributed by atoms with Gasteiger partial charge in [0.15, 0.2) is 0 Å². The second-order valence-corrected chi connectivity index (χ2v) is 6.06. The highest BCUT2D eigenvalue weighted by Gasteiger charge is 2.29. The molecule has 2 fully saturated rings. The van der Waals surface area contributed by atoms with E-state index in [0.29, 0.717) is 18.8 Å². The number of esters is 1. The van der Waals surface area contributed by atoms with Crippen molar-refractivity contribution in [2.24, 2.45) is 5.92 Å². The normalized spacial score (nSPS) is 28.9. The van der Waals surface area contributed by atoms with E-state index in [-0.39, 0.29) is 12.0 Å². The van der Waals surface area contributed by atoms with E-state index in [1.807, 2.05) is 0 Å². The highest BCUT2D eigenvalue weighted by molar-refractivity contribution is 5.75. The molecule has 0 bridgehead atoms. The van der Waals surface area contributed by atoms with Gasteiger partial charge in [0.05, 0.1) is 13.2 Å². The molecule has 4 heteroatoms. The van der Waals surface area contributed by atoms with E-state index >= 15 is 0 Å². The number of carbonyl (C=O) groups excluding carboxylic acids is 1. The van der Waals surface area contributed by atoms with E-state index in [4.69, 9.17) is 9.47 Å². The highest BCUT2D eigenvalue weighted by atomic mass is 16.5. The third-order valence-electron chi connectivity index (χ3n) is 4.22. The minimum Gasteiger partial charge on any atom is -0.468 e. The van der Waals surface area contributed by atoms with Gasteiger partial charge in [0.2, 0.25) is 0 Å². The van der Waals surface area contributed by atoms with Gasteiger partial charge in [-0.1, -0.05) is 6.92 Å². The first-order chi connectivity index (χ1) is 9.19. The van der Waals surface area contributed by atoms with Crippen LogP contribution in [0.25, 0.3) is 0 Å². The Hall–Kier alpha value is -0.610. The van der Waals surface area contributed by atoms with E-state index in [1.165, 1.54) is 45.6 Å². The van der Waals surface area contributed by atoms with Gasteiger partial charge in [-0.3, -0.25) is 4.79 Å². The molecule has 2 aliphatic rings. The zero-order valence-corrected chi connectivity index (χ0v) is 12.2. The molecule has 1 atom stereocenters. The smallest absolute Gasteiger partial charge is 0.322 e. The summed E-state index contributed by atoms with van der Waals surface area (Å²) in [6, 6.07) is 0.319. The largest absolute Gasteiger partial charge is 0.468 e. The first kappa shape index (κ1) is 14.8. The lowest BCUT2D eigenvalue weighted by atomic mass is 9.89. The van der Waals surface area contributed by atoms with Crippen LogP contribution in [0.3, 0.4) is 0 Å². The van der Waals surface area contributed by atoms with Crippen molar-refractivity contribution in [2.75, 3.05) is 13.7 Å². The summed E-state index contributed by atoms with van der Waals surface area (Å²) in [4.78, 5) is 11.7. The van der Waals surface area contributed by atoms with Crippen LogP contribution in [-0.2, 0) is 14.3 Å².